The van der Waals surface area contributed by atoms with E-state index in [1.807, 2.05) is 0 Å². The number of benzene rings is 1. The fourth-order valence-corrected chi connectivity index (χ4v) is 1.39. The first-order valence-corrected chi connectivity index (χ1v) is 4.93. The van der Waals surface area contributed by atoms with Gasteiger partial charge in [-0.15, -0.1) is 0 Å². The monoisotopic (exact) mass is 246 g/mol. The van der Waals surface area contributed by atoms with E-state index in [0.717, 1.165) is 7.05 Å². The highest BCUT2D eigenvalue weighted by atomic mass is 19.4. The Hall–Kier alpha value is -1.56. The second-order valence-corrected chi connectivity index (χ2v) is 3.70. The van der Waals surface area contributed by atoms with Crippen LogP contribution in [0, 0.1) is 0 Å². The van der Waals surface area contributed by atoms with Crippen LogP contribution < -0.4 is 5.73 Å². The van der Waals surface area contributed by atoms with Crippen molar-refractivity contribution in [3.05, 3.63) is 35.9 Å². The number of carbonyl (C=O) groups excluding carboxylic acids is 1. The molecule has 0 spiro atoms. The molecule has 1 aromatic carbocycles. The van der Waals surface area contributed by atoms with E-state index in [4.69, 9.17) is 5.73 Å². The molecule has 1 unspecified atom stereocenters. The summed E-state index contributed by atoms with van der Waals surface area (Å²) in [5.41, 5.74) is 6.09. The maximum absolute atomic E-state index is 12.1. The lowest BCUT2D eigenvalue weighted by Gasteiger charge is -2.22. The van der Waals surface area contributed by atoms with E-state index in [0.29, 0.717) is 10.5 Å². The predicted molar refractivity (Wildman–Crippen MR) is 57.1 cm³/mol. The van der Waals surface area contributed by atoms with Gasteiger partial charge in [0.15, 0.2) is 0 Å². The molecule has 1 aromatic rings. The number of hydrogen-bond acceptors (Lipinski definition) is 2. The molecule has 2 N–H and O–H groups in total. The van der Waals surface area contributed by atoms with E-state index < -0.39 is 24.7 Å². The molecule has 0 aliphatic rings. The van der Waals surface area contributed by atoms with Crippen LogP contribution in [0.25, 0.3) is 0 Å². The van der Waals surface area contributed by atoms with Crippen LogP contribution in [0.1, 0.15) is 11.6 Å². The molecule has 6 heteroatoms. The Morgan fingerprint density at radius 3 is 2.35 bits per heavy atom. The van der Waals surface area contributed by atoms with Gasteiger partial charge in [0.25, 0.3) is 0 Å². The van der Waals surface area contributed by atoms with Crippen molar-refractivity contribution in [3.63, 3.8) is 0 Å². The van der Waals surface area contributed by atoms with Crippen molar-refractivity contribution in [3.8, 4) is 0 Å². The second kappa shape index (κ2) is 5.18. The molecule has 0 saturated heterocycles. The normalized spacial score (nSPS) is 13.2. The Morgan fingerprint density at radius 2 is 1.88 bits per heavy atom. The average Bonchev–Trinajstić information content (AvgIpc) is 2.26. The fraction of sp³-hybridized carbons (Fsp3) is 0.364. The smallest absolute Gasteiger partial charge is 0.335 e. The van der Waals surface area contributed by atoms with Gasteiger partial charge in [-0.2, -0.15) is 13.2 Å². The number of nitrogens with two attached hydrogens (primary N) is 1. The summed E-state index contributed by atoms with van der Waals surface area (Å²) in [7, 11) is 1.08. The summed E-state index contributed by atoms with van der Waals surface area (Å²) in [5, 5.41) is 0. The number of amides is 1. The van der Waals surface area contributed by atoms with Gasteiger partial charge in [-0.05, 0) is 5.56 Å². The molecular weight excluding hydrogens is 233 g/mol. The Kier molecular flexibility index (Phi) is 4.11. The molecular formula is C11H13F3N2O. The van der Waals surface area contributed by atoms with Gasteiger partial charge in [0, 0.05) is 7.05 Å². The molecule has 0 saturated carbocycles. The highest BCUT2D eigenvalue weighted by molar-refractivity contribution is 5.82. The zero-order valence-electron chi connectivity index (χ0n) is 9.24. The molecule has 0 aliphatic heterocycles. The molecule has 1 amide bonds. The molecule has 0 aromatic heterocycles. The molecule has 0 radical (unpaired) electrons. The van der Waals surface area contributed by atoms with Crippen LogP contribution in [0.15, 0.2) is 30.3 Å². The Morgan fingerprint density at radius 1 is 1.35 bits per heavy atom. The highest BCUT2D eigenvalue weighted by Crippen LogP contribution is 2.18. The zero-order chi connectivity index (χ0) is 13.1. The van der Waals surface area contributed by atoms with Crippen LogP contribution in [0.3, 0.4) is 0 Å². The molecule has 1 atom stereocenters. The summed E-state index contributed by atoms with van der Waals surface area (Å²) in [4.78, 5) is 12.2. The number of hydrogen-bond donors (Lipinski definition) is 1. The summed E-state index contributed by atoms with van der Waals surface area (Å²) in [6, 6.07) is 7.22. The third-order valence-corrected chi connectivity index (χ3v) is 2.22. The van der Waals surface area contributed by atoms with E-state index in [1.54, 1.807) is 30.3 Å². The van der Waals surface area contributed by atoms with Gasteiger partial charge in [-0.1, -0.05) is 30.3 Å². The van der Waals surface area contributed by atoms with Crippen molar-refractivity contribution < 1.29 is 18.0 Å². The number of nitrogens with zero attached hydrogens (tertiary/aromatic N) is 1. The summed E-state index contributed by atoms with van der Waals surface area (Å²) in [6.07, 6.45) is -4.42. The van der Waals surface area contributed by atoms with Crippen LogP contribution in [0.5, 0.6) is 0 Å². The molecule has 0 heterocycles. The van der Waals surface area contributed by atoms with Crippen LogP contribution in [0.2, 0.25) is 0 Å². The van der Waals surface area contributed by atoms with E-state index in [2.05, 4.69) is 0 Å². The molecule has 17 heavy (non-hydrogen) atoms. The van der Waals surface area contributed by atoms with Gasteiger partial charge in [-0.3, -0.25) is 4.79 Å². The minimum atomic E-state index is -4.42. The lowest BCUT2D eigenvalue weighted by Crippen LogP contribution is -2.41. The van der Waals surface area contributed by atoms with Gasteiger partial charge in [0.05, 0.1) is 0 Å². The summed E-state index contributed by atoms with van der Waals surface area (Å²) < 4.78 is 36.3. The minimum absolute atomic E-state index is 0.492. The fourth-order valence-electron chi connectivity index (χ4n) is 1.39. The SMILES string of the molecule is CN(CC(F)(F)F)C(=O)C(N)c1ccccc1. The van der Waals surface area contributed by atoms with Crippen molar-refractivity contribution in [2.24, 2.45) is 5.73 Å². The topological polar surface area (TPSA) is 46.3 Å². The third-order valence-electron chi connectivity index (χ3n) is 2.22. The van der Waals surface area contributed by atoms with Crippen LogP contribution in [0.4, 0.5) is 13.2 Å². The van der Waals surface area contributed by atoms with Crippen LogP contribution in [-0.2, 0) is 4.79 Å². The van der Waals surface area contributed by atoms with Gasteiger partial charge in [0.2, 0.25) is 5.91 Å². The van der Waals surface area contributed by atoms with E-state index in [9.17, 15) is 18.0 Å². The van der Waals surface area contributed by atoms with Crippen LogP contribution >= 0.6 is 0 Å². The van der Waals surface area contributed by atoms with Gasteiger partial charge in [0.1, 0.15) is 12.6 Å². The van der Waals surface area contributed by atoms with Crippen molar-refractivity contribution in [2.45, 2.75) is 12.2 Å². The first-order chi connectivity index (χ1) is 7.81. The van der Waals surface area contributed by atoms with Crippen LogP contribution in [-0.4, -0.2) is 30.6 Å². The standard InChI is InChI=1S/C11H13F3N2O/c1-16(7-11(12,13)14)10(17)9(15)8-5-3-2-4-6-8/h2-6,9H,7,15H2,1H3. The summed E-state index contributed by atoms with van der Waals surface area (Å²) in [6.45, 7) is -1.30. The first kappa shape index (κ1) is 13.5. The van der Waals surface area contributed by atoms with Gasteiger partial charge in [-0.25, -0.2) is 0 Å². The van der Waals surface area contributed by atoms with Gasteiger partial charge >= 0.3 is 6.18 Å². The Labute approximate surface area is 97.0 Å². The lowest BCUT2D eigenvalue weighted by molar-refractivity contribution is -0.159. The molecule has 94 valence electrons. The molecule has 3 nitrogen and oxygen atoms in total. The van der Waals surface area contributed by atoms with Crippen molar-refractivity contribution in [1.82, 2.24) is 4.90 Å². The van der Waals surface area contributed by atoms with Crippen molar-refractivity contribution in [1.29, 1.82) is 0 Å². The summed E-state index contributed by atoms with van der Waals surface area (Å²) in [5.74, 6) is -0.756. The Balaban J connectivity index is 2.71. The van der Waals surface area contributed by atoms with E-state index >= 15 is 0 Å². The molecule has 0 aliphatic carbocycles. The molecule has 0 bridgehead atoms. The van der Waals surface area contributed by atoms with Crippen molar-refractivity contribution in [2.75, 3.05) is 13.6 Å². The van der Waals surface area contributed by atoms with Gasteiger partial charge < -0.3 is 10.6 Å². The average molecular weight is 246 g/mol. The van der Waals surface area contributed by atoms with E-state index in [-0.39, 0.29) is 0 Å². The first-order valence-electron chi connectivity index (χ1n) is 4.93. The third kappa shape index (κ3) is 4.07. The highest BCUT2D eigenvalue weighted by Gasteiger charge is 2.32. The minimum Gasteiger partial charge on any atom is -0.335 e. The maximum Gasteiger partial charge on any atom is 0.406 e. The predicted octanol–water partition coefficient (Wildman–Crippen LogP) is 1.71. The zero-order valence-corrected chi connectivity index (χ0v) is 9.24. The second-order valence-electron chi connectivity index (χ2n) is 3.70. The number of carbonyl (C=O) groups is 1. The quantitative estimate of drug-likeness (QED) is 0.882. The summed E-state index contributed by atoms with van der Waals surface area (Å²) >= 11 is 0. The number of rotatable bonds is 3. The number of halogens is 3. The lowest BCUT2D eigenvalue weighted by atomic mass is 10.1. The van der Waals surface area contributed by atoms with E-state index in [1.165, 1.54) is 0 Å². The van der Waals surface area contributed by atoms with Crippen molar-refractivity contribution >= 4 is 5.91 Å². The number of likely N-dealkylation sites (N-methyl/N-ethyl adjacent to an activating group) is 1. The maximum atomic E-state index is 12.1. The molecule has 1 rings (SSSR count). The number of alkyl halides is 3. The Bertz CT molecular complexity index is 378. The largest absolute Gasteiger partial charge is 0.406 e. The molecule has 0 fully saturated rings.